The highest BCUT2D eigenvalue weighted by molar-refractivity contribution is 5.85. The molecule has 1 saturated heterocycles. The van der Waals surface area contributed by atoms with Gasteiger partial charge in [-0.05, 0) is 24.0 Å². The molecule has 1 aromatic carbocycles. The lowest BCUT2D eigenvalue weighted by molar-refractivity contribution is -0.119. The van der Waals surface area contributed by atoms with E-state index in [1.54, 1.807) is 0 Å². The van der Waals surface area contributed by atoms with Crippen LogP contribution in [0, 0.1) is 0 Å². The maximum Gasteiger partial charge on any atom is 0.225 e. The van der Waals surface area contributed by atoms with E-state index in [2.05, 4.69) is 25.1 Å². The van der Waals surface area contributed by atoms with Gasteiger partial charge in [0.15, 0.2) is 0 Å². The number of halogens is 2. The molecule has 0 spiro atoms. The third-order valence-electron chi connectivity index (χ3n) is 5.13. The minimum absolute atomic E-state index is 0. The van der Waals surface area contributed by atoms with Gasteiger partial charge < -0.3 is 10.2 Å². The third kappa shape index (κ3) is 5.56. The van der Waals surface area contributed by atoms with E-state index in [4.69, 9.17) is 0 Å². The lowest BCUT2D eigenvalue weighted by atomic mass is 10.1. The normalized spacial score (nSPS) is 16.7. The highest BCUT2D eigenvalue weighted by Crippen LogP contribution is 2.28. The number of rotatable bonds is 5. The van der Waals surface area contributed by atoms with E-state index < -0.39 is 0 Å². The van der Waals surface area contributed by atoms with E-state index in [0.717, 1.165) is 54.9 Å². The van der Waals surface area contributed by atoms with E-state index >= 15 is 0 Å². The van der Waals surface area contributed by atoms with E-state index in [0.29, 0.717) is 6.54 Å². The Kier molecular flexibility index (Phi) is 8.04. The van der Waals surface area contributed by atoms with Crippen LogP contribution in [0.25, 0.3) is 11.1 Å². The highest BCUT2D eigenvalue weighted by Gasteiger charge is 2.31. The van der Waals surface area contributed by atoms with Crippen molar-refractivity contribution in [2.45, 2.75) is 32.4 Å². The zero-order chi connectivity index (χ0) is 17.9. The maximum absolute atomic E-state index is 11.0. The van der Waals surface area contributed by atoms with Crippen LogP contribution in [0.1, 0.15) is 25.3 Å². The lowest BCUT2D eigenvalue weighted by Gasteiger charge is -2.34. The summed E-state index contributed by atoms with van der Waals surface area (Å²) in [6.07, 6.45) is 6.54. The van der Waals surface area contributed by atoms with Crippen LogP contribution in [-0.2, 0) is 11.3 Å². The maximum atomic E-state index is 11.0. The molecule has 28 heavy (non-hydrogen) atoms. The molecule has 1 saturated carbocycles. The molecule has 8 heteroatoms. The fourth-order valence-electron chi connectivity index (χ4n) is 3.40. The van der Waals surface area contributed by atoms with Crippen LogP contribution in [0.5, 0.6) is 0 Å². The van der Waals surface area contributed by atoms with Crippen molar-refractivity contribution in [3.05, 3.63) is 42.2 Å². The van der Waals surface area contributed by atoms with Crippen LogP contribution in [0.4, 0.5) is 5.95 Å². The Morgan fingerprint density at radius 1 is 1.00 bits per heavy atom. The first-order valence-electron chi connectivity index (χ1n) is 9.34. The summed E-state index contributed by atoms with van der Waals surface area (Å²) < 4.78 is 0. The summed E-state index contributed by atoms with van der Waals surface area (Å²) in [6.45, 7) is 6.33. The van der Waals surface area contributed by atoms with Gasteiger partial charge in [-0.15, -0.1) is 24.8 Å². The third-order valence-corrected chi connectivity index (χ3v) is 5.13. The number of carbonyl (C=O) groups excluding carboxylic acids is 1. The summed E-state index contributed by atoms with van der Waals surface area (Å²) in [5, 5.41) is 2.81. The SMILES string of the molecule is CC(=O)NCc1ccc(-c2cnc(N3CCN(C4CC4)CC3)nc2)cc1.Cl.Cl. The van der Waals surface area contributed by atoms with Crippen molar-refractivity contribution in [2.24, 2.45) is 0 Å². The number of hydrogen-bond donors (Lipinski definition) is 1. The molecular formula is C20H27Cl2N5O. The molecule has 1 aliphatic carbocycles. The molecule has 2 heterocycles. The van der Waals surface area contributed by atoms with Gasteiger partial charge in [-0.1, -0.05) is 24.3 Å². The highest BCUT2D eigenvalue weighted by atomic mass is 35.5. The zero-order valence-corrected chi connectivity index (χ0v) is 17.6. The van der Waals surface area contributed by atoms with Gasteiger partial charge in [-0.25, -0.2) is 9.97 Å². The molecular weight excluding hydrogens is 397 g/mol. The van der Waals surface area contributed by atoms with Crippen molar-refractivity contribution in [3.63, 3.8) is 0 Å². The number of nitrogens with zero attached hydrogens (tertiary/aromatic N) is 4. The molecule has 1 amide bonds. The number of amides is 1. The molecule has 6 nitrogen and oxygen atoms in total. The van der Waals surface area contributed by atoms with E-state index in [1.807, 2.05) is 36.7 Å². The number of nitrogens with one attached hydrogen (secondary N) is 1. The second kappa shape index (κ2) is 10.0. The smallest absolute Gasteiger partial charge is 0.225 e. The van der Waals surface area contributed by atoms with Gasteiger partial charge in [0.25, 0.3) is 0 Å². The minimum Gasteiger partial charge on any atom is -0.352 e. The molecule has 0 bridgehead atoms. The molecule has 152 valence electrons. The first-order chi connectivity index (χ1) is 12.7. The van der Waals surface area contributed by atoms with Crippen LogP contribution >= 0.6 is 24.8 Å². The molecule has 0 radical (unpaired) electrons. The molecule has 2 aliphatic rings. The Morgan fingerprint density at radius 2 is 1.61 bits per heavy atom. The van der Waals surface area contributed by atoms with Crippen molar-refractivity contribution in [2.75, 3.05) is 31.1 Å². The molecule has 2 aromatic rings. The quantitative estimate of drug-likeness (QED) is 0.800. The summed E-state index contributed by atoms with van der Waals surface area (Å²) in [7, 11) is 0. The van der Waals surface area contributed by atoms with Gasteiger partial charge in [-0.3, -0.25) is 9.69 Å². The molecule has 1 N–H and O–H groups in total. The first kappa shape index (κ1) is 22.4. The Hall–Kier alpha value is -1.89. The van der Waals surface area contributed by atoms with E-state index in [1.165, 1.54) is 19.8 Å². The van der Waals surface area contributed by atoms with Crippen LogP contribution < -0.4 is 10.2 Å². The van der Waals surface area contributed by atoms with Crippen LogP contribution in [-0.4, -0.2) is 53.0 Å². The Bertz CT molecular complexity index is 757. The van der Waals surface area contributed by atoms with Gasteiger partial charge >= 0.3 is 0 Å². The summed E-state index contributed by atoms with van der Waals surface area (Å²) >= 11 is 0. The van der Waals surface area contributed by atoms with Crippen LogP contribution in [0.3, 0.4) is 0 Å². The predicted molar refractivity (Wildman–Crippen MR) is 116 cm³/mol. The van der Waals surface area contributed by atoms with E-state index in [9.17, 15) is 4.79 Å². The Balaban J connectivity index is 0.00000140. The van der Waals surface area contributed by atoms with Gasteiger partial charge in [0.1, 0.15) is 0 Å². The number of anilines is 1. The van der Waals surface area contributed by atoms with Crippen molar-refractivity contribution >= 4 is 36.7 Å². The number of aromatic nitrogens is 2. The fraction of sp³-hybridized carbons (Fsp3) is 0.450. The summed E-state index contributed by atoms with van der Waals surface area (Å²) in [6, 6.07) is 8.98. The average Bonchev–Trinajstić information content (AvgIpc) is 3.52. The van der Waals surface area contributed by atoms with Crippen LogP contribution in [0.2, 0.25) is 0 Å². The van der Waals surface area contributed by atoms with Gasteiger partial charge in [0.2, 0.25) is 11.9 Å². The number of benzene rings is 1. The number of piperazine rings is 1. The monoisotopic (exact) mass is 423 g/mol. The number of carbonyl (C=O) groups is 1. The Morgan fingerprint density at radius 3 is 2.14 bits per heavy atom. The average molecular weight is 424 g/mol. The zero-order valence-electron chi connectivity index (χ0n) is 16.0. The summed E-state index contributed by atoms with van der Waals surface area (Å²) in [5.74, 6) is 0.808. The van der Waals surface area contributed by atoms with Crippen molar-refractivity contribution in [3.8, 4) is 11.1 Å². The van der Waals surface area contributed by atoms with Crippen molar-refractivity contribution in [1.29, 1.82) is 0 Å². The van der Waals surface area contributed by atoms with E-state index in [-0.39, 0.29) is 30.7 Å². The molecule has 1 aliphatic heterocycles. The van der Waals surface area contributed by atoms with Crippen molar-refractivity contribution in [1.82, 2.24) is 20.2 Å². The molecule has 1 aromatic heterocycles. The molecule has 4 rings (SSSR count). The second-order valence-corrected chi connectivity index (χ2v) is 7.13. The fourth-order valence-corrected chi connectivity index (χ4v) is 3.40. The largest absolute Gasteiger partial charge is 0.352 e. The van der Waals surface area contributed by atoms with Crippen LogP contribution in [0.15, 0.2) is 36.7 Å². The van der Waals surface area contributed by atoms with Gasteiger partial charge in [0, 0.05) is 63.6 Å². The topological polar surface area (TPSA) is 61.4 Å². The minimum atomic E-state index is -0.0176. The lowest BCUT2D eigenvalue weighted by Crippen LogP contribution is -2.47. The molecule has 0 atom stereocenters. The number of hydrogen-bond acceptors (Lipinski definition) is 5. The Labute approximate surface area is 178 Å². The second-order valence-electron chi connectivity index (χ2n) is 7.13. The summed E-state index contributed by atoms with van der Waals surface area (Å²) in [5.41, 5.74) is 3.17. The summed E-state index contributed by atoms with van der Waals surface area (Å²) in [4.78, 5) is 25.0. The van der Waals surface area contributed by atoms with Gasteiger partial charge in [0.05, 0.1) is 0 Å². The van der Waals surface area contributed by atoms with Crippen molar-refractivity contribution < 1.29 is 4.79 Å². The predicted octanol–water partition coefficient (Wildman–Crippen LogP) is 2.91. The molecule has 2 fully saturated rings. The van der Waals surface area contributed by atoms with Gasteiger partial charge in [-0.2, -0.15) is 0 Å². The molecule has 0 unspecified atom stereocenters. The first-order valence-corrected chi connectivity index (χ1v) is 9.34. The standard InChI is InChI=1S/C20H25N5O.2ClH/c1-15(26)21-12-16-2-4-17(5-3-16)18-13-22-20(23-14-18)25-10-8-24(9-11-25)19-6-7-19;;/h2-5,13-14,19H,6-12H2,1H3,(H,21,26);2*1H.